The SMILES string of the molecule is Cn1cnc(S(=O)(=O)NCC(=O)NC(C)(C)C)c1Cl. The summed E-state index contributed by atoms with van der Waals surface area (Å²) in [5, 5.41) is 2.34. The first-order chi connectivity index (χ1) is 8.53. The lowest BCUT2D eigenvalue weighted by Crippen LogP contribution is -2.45. The molecule has 0 fully saturated rings. The minimum Gasteiger partial charge on any atom is -0.350 e. The molecule has 1 rings (SSSR count). The predicted octanol–water partition coefficient (Wildman–Crippen LogP) is 0.266. The largest absolute Gasteiger partial charge is 0.350 e. The van der Waals surface area contributed by atoms with Crippen LogP contribution in [-0.2, 0) is 21.9 Å². The average Bonchev–Trinajstić information content (AvgIpc) is 2.55. The Bertz CT molecular complexity index is 574. The standard InChI is InChI=1S/C10H17ClN4O3S/c1-10(2,3)14-7(16)5-13-19(17,18)9-8(11)15(4)6-12-9/h6,13H,5H2,1-4H3,(H,14,16). The number of carbonyl (C=O) groups is 1. The molecule has 0 aliphatic carbocycles. The Labute approximate surface area is 117 Å². The molecule has 108 valence electrons. The van der Waals surface area contributed by atoms with Gasteiger partial charge in [-0.1, -0.05) is 11.6 Å². The quantitative estimate of drug-likeness (QED) is 0.835. The highest BCUT2D eigenvalue weighted by Crippen LogP contribution is 2.17. The van der Waals surface area contributed by atoms with E-state index in [9.17, 15) is 13.2 Å². The maximum atomic E-state index is 11.9. The number of nitrogens with one attached hydrogen (secondary N) is 2. The molecule has 1 aromatic rings. The minimum absolute atomic E-state index is 0.0104. The van der Waals surface area contributed by atoms with E-state index in [-0.39, 0.29) is 16.7 Å². The lowest BCUT2D eigenvalue weighted by molar-refractivity contribution is -0.121. The Kier molecular flexibility index (Phi) is 4.59. The van der Waals surface area contributed by atoms with E-state index in [1.54, 1.807) is 27.8 Å². The summed E-state index contributed by atoms with van der Waals surface area (Å²) >= 11 is 5.80. The van der Waals surface area contributed by atoms with Gasteiger partial charge in [-0.05, 0) is 20.8 Å². The average molecular weight is 309 g/mol. The van der Waals surface area contributed by atoms with Gasteiger partial charge in [-0.2, -0.15) is 0 Å². The molecular weight excluding hydrogens is 292 g/mol. The van der Waals surface area contributed by atoms with Crippen LogP contribution in [0.5, 0.6) is 0 Å². The number of aryl methyl sites for hydroxylation is 1. The molecule has 0 bridgehead atoms. The van der Waals surface area contributed by atoms with Gasteiger partial charge < -0.3 is 9.88 Å². The molecule has 7 nitrogen and oxygen atoms in total. The number of carbonyl (C=O) groups excluding carboxylic acids is 1. The third-order valence-electron chi connectivity index (χ3n) is 2.03. The number of amides is 1. The van der Waals surface area contributed by atoms with Crippen molar-refractivity contribution in [1.82, 2.24) is 19.6 Å². The summed E-state index contributed by atoms with van der Waals surface area (Å²) in [5.41, 5.74) is -0.425. The number of hydrogen-bond acceptors (Lipinski definition) is 4. The van der Waals surface area contributed by atoms with E-state index in [1.165, 1.54) is 10.9 Å². The van der Waals surface area contributed by atoms with Crippen molar-refractivity contribution < 1.29 is 13.2 Å². The molecule has 0 saturated heterocycles. The topological polar surface area (TPSA) is 93.1 Å². The second kappa shape index (κ2) is 5.48. The van der Waals surface area contributed by atoms with Crippen LogP contribution in [0.4, 0.5) is 0 Å². The summed E-state index contributed by atoms with van der Waals surface area (Å²) < 4.78 is 27.3. The van der Waals surface area contributed by atoms with Crippen molar-refractivity contribution in [2.45, 2.75) is 31.3 Å². The zero-order chi connectivity index (χ0) is 14.8. The molecule has 9 heteroatoms. The number of nitrogens with zero attached hydrogens (tertiary/aromatic N) is 2. The van der Waals surface area contributed by atoms with Crippen molar-refractivity contribution in [3.8, 4) is 0 Å². The van der Waals surface area contributed by atoms with E-state index in [4.69, 9.17) is 11.6 Å². The van der Waals surface area contributed by atoms with E-state index in [1.807, 2.05) is 0 Å². The van der Waals surface area contributed by atoms with Gasteiger partial charge in [0.05, 0.1) is 12.9 Å². The molecule has 0 aromatic carbocycles. The van der Waals surface area contributed by atoms with Gasteiger partial charge in [0.1, 0.15) is 5.15 Å². The minimum atomic E-state index is -3.90. The van der Waals surface area contributed by atoms with Crippen molar-refractivity contribution in [1.29, 1.82) is 0 Å². The van der Waals surface area contributed by atoms with Gasteiger partial charge in [0.2, 0.25) is 10.9 Å². The Balaban J connectivity index is 2.72. The Hall–Kier alpha value is -1.12. The molecule has 0 aliphatic rings. The van der Waals surface area contributed by atoms with Crippen LogP contribution in [0, 0.1) is 0 Å². The van der Waals surface area contributed by atoms with Crippen molar-refractivity contribution in [2.75, 3.05) is 6.54 Å². The van der Waals surface area contributed by atoms with Crippen LogP contribution >= 0.6 is 11.6 Å². The van der Waals surface area contributed by atoms with Crippen LogP contribution in [0.25, 0.3) is 0 Å². The van der Waals surface area contributed by atoms with Gasteiger partial charge in [0.15, 0.2) is 0 Å². The van der Waals surface area contributed by atoms with Gasteiger partial charge in [-0.3, -0.25) is 4.79 Å². The first-order valence-corrected chi connectivity index (χ1v) is 7.36. The van der Waals surface area contributed by atoms with E-state index >= 15 is 0 Å². The van der Waals surface area contributed by atoms with Crippen LogP contribution in [0.15, 0.2) is 11.4 Å². The summed E-state index contributed by atoms with van der Waals surface area (Å²) in [6.07, 6.45) is 1.28. The molecule has 0 saturated carbocycles. The molecule has 19 heavy (non-hydrogen) atoms. The Morgan fingerprint density at radius 3 is 2.47 bits per heavy atom. The fourth-order valence-corrected chi connectivity index (χ4v) is 2.67. The van der Waals surface area contributed by atoms with Gasteiger partial charge in [-0.15, -0.1) is 0 Å². The highest BCUT2D eigenvalue weighted by Gasteiger charge is 2.23. The summed E-state index contributed by atoms with van der Waals surface area (Å²) in [6.45, 7) is 5.03. The Morgan fingerprint density at radius 1 is 1.47 bits per heavy atom. The van der Waals surface area contributed by atoms with E-state index < -0.39 is 21.5 Å². The molecule has 0 atom stereocenters. The third kappa shape index (κ3) is 4.48. The number of aromatic nitrogens is 2. The fourth-order valence-electron chi connectivity index (χ4n) is 1.27. The molecule has 2 N–H and O–H groups in total. The van der Waals surface area contributed by atoms with Crippen LogP contribution < -0.4 is 10.0 Å². The lowest BCUT2D eigenvalue weighted by atomic mass is 10.1. The Morgan fingerprint density at radius 2 is 2.05 bits per heavy atom. The maximum absolute atomic E-state index is 11.9. The second-order valence-electron chi connectivity index (χ2n) is 5.07. The third-order valence-corrected chi connectivity index (χ3v) is 3.92. The van der Waals surface area contributed by atoms with Gasteiger partial charge in [0.25, 0.3) is 10.0 Å². The van der Waals surface area contributed by atoms with E-state index in [0.29, 0.717) is 0 Å². The molecule has 0 aliphatic heterocycles. The number of imidazole rings is 1. The van der Waals surface area contributed by atoms with Gasteiger partial charge >= 0.3 is 0 Å². The van der Waals surface area contributed by atoms with Crippen molar-refractivity contribution >= 4 is 27.5 Å². The van der Waals surface area contributed by atoms with Crippen LogP contribution in [0.1, 0.15) is 20.8 Å². The summed E-state index contributed by atoms with van der Waals surface area (Å²) in [5.74, 6) is -0.428. The molecular formula is C10H17ClN4O3S. The monoisotopic (exact) mass is 308 g/mol. The molecule has 1 heterocycles. The first-order valence-electron chi connectivity index (χ1n) is 5.50. The van der Waals surface area contributed by atoms with Gasteiger partial charge in [-0.25, -0.2) is 18.1 Å². The number of halogens is 1. The highest BCUT2D eigenvalue weighted by molar-refractivity contribution is 7.89. The molecule has 0 unspecified atom stereocenters. The molecule has 0 spiro atoms. The second-order valence-corrected chi connectivity index (χ2v) is 7.11. The predicted molar refractivity (Wildman–Crippen MR) is 71.3 cm³/mol. The summed E-state index contributed by atoms with van der Waals surface area (Å²) in [6, 6.07) is 0. The highest BCUT2D eigenvalue weighted by atomic mass is 35.5. The van der Waals surface area contributed by atoms with E-state index in [2.05, 4.69) is 15.0 Å². The van der Waals surface area contributed by atoms with Crippen LogP contribution in [-0.4, -0.2) is 36.0 Å². The summed E-state index contributed by atoms with van der Waals surface area (Å²) in [7, 11) is -2.33. The zero-order valence-corrected chi connectivity index (χ0v) is 12.8. The van der Waals surface area contributed by atoms with Crippen LogP contribution in [0.3, 0.4) is 0 Å². The van der Waals surface area contributed by atoms with Crippen molar-refractivity contribution in [2.24, 2.45) is 7.05 Å². The fraction of sp³-hybridized carbons (Fsp3) is 0.600. The zero-order valence-electron chi connectivity index (χ0n) is 11.2. The number of rotatable bonds is 4. The number of hydrogen-bond donors (Lipinski definition) is 2. The smallest absolute Gasteiger partial charge is 0.261 e. The van der Waals surface area contributed by atoms with E-state index in [0.717, 1.165) is 0 Å². The number of sulfonamides is 1. The summed E-state index contributed by atoms with van der Waals surface area (Å²) in [4.78, 5) is 15.2. The molecule has 0 radical (unpaired) electrons. The van der Waals surface area contributed by atoms with Crippen molar-refractivity contribution in [3.05, 3.63) is 11.5 Å². The lowest BCUT2D eigenvalue weighted by Gasteiger charge is -2.20. The van der Waals surface area contributed by atoms with Crippen molar-refractivity contribution in [3.63, 3.8) is 0 Å². The van der Waals surface area contributed by atoms with Gasteiger partial charge in [0, 0.05) is 12.6 Å². The molecule has 1 amide bonds. The normalized spacial score (nSPS) is 12.5. The molecule has 1 aromatic heterocycles. The maximum Gasteiger partial charge on any atom is 0.261 e. The van der Waals surface area contributed by atoms with Crippen LogP contribution in [0.2, 0.25) is 5.15 Å². The first kappa shape index (κ1) is 15.9.